The van der Waals surface area contributed by atoms with Crippen LogP contribution in [0.3, 0.4) is 0 Å². The molecule has 0 radical (unpaired) electrons. The highest BCUT2D eigenvalue weighted by atomic mass is 31.2. The molecule has 10 N–H and O–H groups in total. The van der Waals surface area contributed by atoms with E-state index in [1.807, 2.05) is 0 Å². The molecule has 0 aliphatic heterocycles. The van der Waals surface area contributed by atoms with Gasteiger partial charge in [-0.1, -0.05) is 13.3 Å². The molecule has 0 heterocycles. The number of unbranched alkanes of at least 4 members (excludes halogenated alkanes) is 1. The van der Waals surface area contributed by atoms with Gasteiger partial charge in [-0.25, -0.2) is 9.13 Å². The Labute approximate surface area is 92.6 Å². The fourth-order valence-electron chi connectivity index (χ4n) is 0.158. The molecule has 0 aromatic rings. The predicted molar refractivity (Wildman–Crippen MR) is 55.5 cm³/mol. The van der Waals surface area contributed by atoms with Crippen molar-refractivity contribution in [2.75, 3.05) is 6.61 Å². The Bertz CT molecular complexity index is 171. The van der Waals surface area contributed by atoms with Crippen molar-refractivity contribution in [3.63, 3.8) is 0 Å². The van der Waals surface area contributed by atoms with Gasteiger partial charge >= 0.3 is 15.6 Å². The van der Waals surface area contributed by atoms with Gasteiger partial charge < -0.3 is 40.6 Å². The fourth-order valence-corrected chi connectivity index (χ4v) is 0.158. The number of rotatable bonds is 2. The van der Waals surface area contributed by atoms with Gasteiger partial charge in [-0.15, -0.1) is 0 Å². The van der Waals surface area contributed by atoms with Crippen LogP contribution in [0.5, 0.6) is 0 Å². The number of aliphatic hydroxyl groups excluding tert-OH is 1. The van der Waals surface area contributed by atoms with E-state index in [1.165, 1.54) is 0 Å². The van der Waals surface area contributed by atoms with Gasteiger partial charge in [0.2, 0.25) is 0 Å². The van der Waals surface area contributed by atoms with Crippen molar-refractivity contribution in [1.82, 2.24) is 6.15 Å². The van der Waals surface area contributed by atoms with Gasteiger partial charge in [-0.05, 0) is 6.42 Å². The minimum atomic E-state index is -4.64. The summed E-state index contributed by atoms with van der Waals surface area (Å²) in [5, 5.41) is 8.07. The third-order valence-electron chi connectivity index (χ3n) is 0.512. The second-order valence-electron chi connectivity index (χ2n) is 2.10. The van der Waals surface area contributed by atoms with E-state index >= 15 is 0 Å². The van der Waals surface area contributed by atoms with Gasteiger partial charge in [0.25, 0.3) is 0 Å². The summed E-state index contributed by atoms with van der Waals surface area (Å²) in [5.74, 6) is 0. The molecule has 10 nitrogen and oxygen atoms in total. The van der Waals surface area contributed by atoms with E-state index in [1.54, 1.807) is 0 Å². The van der Waals surface area contributed by atoms with Gasteiger partial charge in [0.1, 0.15) is 0 Å². The molecule has 0 saturated carbocycles. The summed E-state index contributed by atoms with van der Waals surface area (Å²) in [6.45, 7) is 2.40. The first-order chi connectivity index (χ1) is 6.41. The Hall–Kier alpha value is 0.140. The van der Waals surface area contributed by atoms with Crippen molar-refractivity contribution in [1.29, 1.82) is 0 Å². The molecule has 0 aliphatic rings. The van der Waals surface area contributed by atoms with E-state index in [-0.39, 0.29) is 6.15 Å². The summed E-state index contributed by atoms with van der Waals surface area (Å²) in [7, 11) is -9.28. The van der Waals surface area contributed by atoms with Crippen LogP contribution in [-0.2, 0) is 9.13 Å². The molecule has 0 atom stereocenters. The van der Waals surface area contributed by atoms with E-state index < -0.39 is 15.6 Å². The molecule has 0 aromatic heterocycles. The number of aliphatic hydroxyl groups is 1. The molecule has 0 bridgehead atoms. The third-order valence-corrected chi connectivity index (χ3v) is 0.512. The SMILES string of the molecule is CCCCO.N.O=P(O)(O)O.O=P(O)(O)O. The van der Waals surface area contributed by atoms with E-state index in [0.717, 1.165) is 12.8 Å². The minimum absolute atomic E-state index is 0. The highest BCUT2D eigenvalue weighted by molar-refractivity contribution is 7.45. The van der Waals surface area contributed by atoms with Gasteiger partial charge in [0.05, 0.1) is 0 Å². The molecular weight excluding hydrogens is 268 g/mol. The maximum atomic E-state index is 8.88. The van der Waals surface area contributed by atoms with Crippen LogP contribution in [0.2, 0.25) is 0 Å². The maximum Gasteiger partial charge on any atom is 0.466 e. The van der Waals surface area contributed by atoms with Crippen LogP contribution in [-0.4, -0.2) is 41.1 Å². The van der Waals surface area contributed by atoms with Crippen molar-refractivity contribution in [3.05, 3.63) is 0 Å². The van der Waals surface area contributed by atoms with E-state index in [2.05, 4.69) is 6.92 Å². The van der Waals surface area contributed by atoms with Crippen molar-refractivity contribution in [2.24, 2.45) is 0 Å². The number of hydrogen-bond acceptors (Lipinski definition) is 4. The fraction of sp³-hybridized carbons (Fsp3) is 1.00. The van der Waals surface area contributed by atoms with Crippen LogP contribution in [0.4, 0.5) is 0 Å². The zero-order chi connectivity index (χ0) is 13.1. The average Bonchev–Trinajstić information content (AvgIpc) is 1.80. The lowest BCUT2D eigenvalue weighted by Crippen LogP contribution is -1.75. The standard InChI is InChI=1S/C4H10O.H3N.2H3O4P/c1-2-3-4-5;;2*1-5(2,3)4/h5H,2-4H2,1H3;1H3;2*(H3,1,2,3,4). The summed E-state index contributed by atoms with van der Waals surface area (Å²) in [4.78, 5) is 43.1. The molecule has 0 fully saturated rings. The number of hydrogen-bond donors (Lipinski definition) is 8. The van der Waals surface area contributed by atoms with Crippen LogP contribution in [0.1, 0.15) is 19.8 Å². The Morgan fingerprint density at radius 2 is 1.06 bits per heavy atom. The Balaban J connectivity index is -0.0000000655. The van der Waals surface area contributed by atoms with Crippen LogP contribution >= 0.6 is 15.6 Å². The third kappa shape index (κ3) is 533. The molecule has 0 aromatic carbocycles. The van der Waals surface area contributed by atoms with Crippen molar-refractivity contribution < 1.29 is 43.6 Å². The molecular formula is C4H19NO9P2. The van der Waals surface area contributed by atoms with Gasteiger partial charge in [-0.2, -0.15) is 0 Å². The Kier molecular flexibility index (Phi) is 20.7. The molecule has 12 heteroatoms. The lowest BCUT2D eigenvalue weighted by molar-refractivity contribution is 0.272. The Morgan fingerprint density at radius 1 is 0.875 bits per heavy atom. The molecule has 0 spiro atoms. The number of phosphoric acid groups is 2. The molecule has 0 aliphatic carbocycles. The van der Waals surface area contributed by atoms with Gasteiger partial charge in [-0.3, -0.25) is 0 Å². The monoisotopic (exact) mass is 287 g/mol. The average molecular weight is 287 g/mol. The summed E-state index contributed by atoms with van der Waals surface area (Å²) < 4.78 is 17.8. The zero-order valence-corrected chi connectivity index (χ0v) is 10.5. The summed E-state index contributed by atoms with van der Waals surface area (Å²) in [5.41, 5.74) is 0. The topological polar surface area (TPSA) is 211 Å². The molecule has 0 unspecified atom stereocenters. The highest BCUT2D eigenvalue weighted by Gasteiger charge is 2.00. The second-order valence-corrected chi connectivity index (χ2v) is 4.16. The van der Waals surface area contributed by atoms with Crippen LogP contribution in [0.15, 0.2) is 0 Å². The van der Waals surface area contributed by atoms with Crippen molar-refractivity contribution >= 4 is 15.6 Å². The first-order valence-corrected chi connectivity index (χ1v) is 6.72. The van der Waals surface area contributed by atoms with Gasteiger partial charge in [0.15, 0.2) is 0 Å². The van der Waals surface area contributed by atoms with E-state index in [0.29, 0.717) is 6.61 Å². The summed E-state index contributed by atoms with van der Waals surface area (Å²) in [6.07, 6.45) is 2.04. The minimum Gasteiger partial charge on any atom is -0.396 e. The highest BCUT2D eigenvalue weighted by Crippen LogP contribution is 2.26. The molecule has 0 saturated heterocycles. The summed E-state index contributed by atoms with van der Waals surface area (Å²) >= 11 is 0. The van der Waals surface area contributed by atoms with E-state index in [9.17, 15) is 0 Å². The quantitative estimate of drug-likeness (QED) is 0.292. The molecule has 0 rings (SSSR count). The lowest BCUT2D eigenvalue weighted by atomic mass is 10.4. The van der Waals surface area contributed by atoms with Crippen LogP contribution in [0, 0.1) is 0 Å². The molecule has 0 amide bonds. The van der Waals surface area contributed by atoms with Crippen LogP contribution in [0.25, 0.3) is 0 Å². The second kappa shape index (κ2) is 13.2. The van der Waals surface area contributed by atoms with Crippen molar-refractivity contribution in [2.45, 2.75) is 19.8 Å². The Morgan fingerprint density at radius 3 is 1.06 bits per heavy atom. The van der Waals surface area contributed by atoms with Crippen LogP contribution < -0.4 is 6.15 Å². The maximum absolute atomic E-state index is 8.88. The zero-order valence-electron chi connectivity index (χ0n) is 8.67. The summed E-state index contributed by atoms with van der Waals surface area (Å²) in [6, 6.07) is 0. The van der Waals surface area contributed by atoms with Crippen molar-refractivity contribution in [3.8, 4) is 0 Å². The van der Waals surface area contributed by atoms with E-state index in [4.69, 9.17) is 43.6 Å². The van der Waals surface area contributed by atoms with Gasteiger partial charge in [0, 0.05) is 6.61 Å². The predicted octanol–water partition coefficient (Wildman–Crippen LogP) is -0.916. The largest absolute Gasteiger partial charge is 0.466 e. The smallest absolute Gasteiger partial charge is 0.396 e. The lowest BCUT2D eigenvalue weighted by Gasteiger charge is -1.82. The first kappa shape index (κ1) is 25.1. The first-order valence-electron chi connectivity index (χ1n) is 3.59. The normalized spacial score (nSPS) is 10.0. The molecule has 16 heavy (non-hydrogen) atoms. The molecule has 104 valence electrons.